The van der Waals surface area contributed by atoms with Crippen molar-refractivity contribution in [3.05, 3.63) is 52.2 Å². The van der Waals surface area contributed by atoms with Crippen LogP contribution < -0.4 is 11.1 Å². The number of pyridine rings is 1. The number of fused-ring (bicyclic) bond motifs is 1. The molecule has 0 atom stereocenters. The summed E-state index contributed by atoms with van der Waals surface area (Å²) < 4.78 is 0. The van der Waals surface area contributed by atoms with E-state index in [4.69, 9.17) is 22.9 Å². The minimum atomic E-state index is 0.393. The summed E-state index contributed by atoms with van der Waals surface area (Å²) >= 11 is 5.19. The quantitative estimate of drug-likeness (QED) is 0.851. The first kappa shape index (κ1) is 14.0. The second-order valence-electron chi connectivity index (χ2n) is 5.65. The van der Waals surface area contributed by atoms with Crippen molar-refractivity contribution in [3.8, 4) is 0 Å². The van der Waals surface area contributed by atoms with Crippen molar-refractivity contribution in [2.24, 2.45) is 5.73 Å². The van der Waals surface area contributed by atoms with E-state index in [0.717, 1.165) is 36.3 Å². The fourth-order valence-electron chi connectivity index (χ4n) is 2.84. The molecule has 0 unspecified atom stereocenters. The maximum Gasteiger partial charge on any atom is 0.140 e. The zero-order valence-corrected chi connectivity index (χ0v) is 13.2. The van der Waals surface area contributed by atoms with E-state index in [-0.39, 0.29) is 0 Å². The molecule has 0 fully saturated rings. The predicted molar refractivity (Wildman–Crippen MR) is 91.3 cm³/mol. The molecule has 0 saturated carbocycles. The number of anilines is 2. The SMILES string of the molecule is Cc1ccc(Nc2nc3c(cc2C(N)=S)CCC3)c(C)c1. The highest BCUT2D eigenvalue weighted by Crippen LogP contribution is 2.28. The number of nitrogens with two attached hydrogens (primary N) is 1. The summed E-state index contributed by atoms with van der Waals surface area (Å²) in [4.78, 5) is 5.15. The van der Waals surface area contributed by atoms with Gasteiger partial charge in [0.1, 0.15) is 10.8 Å². The number of aromatic nitrogens is 1. The maximum atomic E-state index is 5.88. The van der Waals surface area contributed by atoms with Crippen LogP contribution in [0.4, 0.5) is 11.5 Å². The molecule has 0 radical (unpaired) electrons. The Morgan fingerprint density at radius 1 is 1.24 bits per heavy atom. The van der Waals surface area contributed by atoms with E-state index >= 15 is 0 Å². The first-order valence-electron chi connectivity index (χ1n) is 7.21. The van der Waals surface area contributed by atoms with Crippen LogP contribution in [-0.2, 0) is 12.8 Å². The Morgan fingerprint density at radius 2 is 2.05 bits per heavy atom. The van der Waals surface area contributed by atoms with Crippen LogP contribution in [0.5, 0.6) is 0 Å². The number of benzene rings is 1. The third-order valence-corrected chi connectivity index (χ3v) is 4.17. The zero-order valence-electron chi connectivity index (χ0n) is 12.4. The second-order valence-corrected chi connectivity index (χ2v) is 6.09. The highest BCUT2D eigenvalue weighted by Gasteiger charge is 2.18. The highest BCUT2D eigenvalue weighted by molar-refractivity contribution is 7.80. The summed E-state index contributed by atoms with van der Waals surface area (Å²) in [5.41, 5.74) is 12.6. The van der Waals surface area contributed by atoms with Crippen LogP contribution in [0.15, 0.2) is 24.3 Å². The number of hydrogen-bond donors (Lipinski definition) is 2. The molecule has 3 nitrogen and oxygen atoms in total. The molecule has 3 N–H and O–H groups in total. The van der Waals surface area contributed by atoms with E-state index in [2.05, 4.69) is 43.4 Å². The molecule has 3 rings (SSSR count). The van der Waals surface area contributed by atoms with Crippen molar-refractivity contribution in [1.82, 2.24) is 4.98 Å². The number of nitrogens with zero attached hydrogens (tertiary/aromatic N) is 1. The van der Waals surface area contributed by atoms with Gasteiger partial charge in [0.05, 0.1) is 5.56 Å². The van der Waals surface area contributed by atoms with Crippen LogP contribution in [0.1, 0.15) is 34.4 Å². The maximum absolute atomic E-state index is 5.88. The number of nitrogens with one attached hydrogen (secondary N) is 1. The Labute approximate surface area is 130 Å². The van der Waals surface area contributed by atoms with E-state index in [1.807, 2.05) is 0 Å². The lowest BCUT2D eigenvalue weighted by molar-refractivity contribution is 0.900. The van der Waals surface area contributed by atoms with Gasteiger partial charge in [0.2, 0.25) is 0 Å². The number of aryl methyl sites for hydroxylation is 4. The minimum Gasteiger partial charge on any atom is -0.389 e. The Balaban J connectivity index is 2.03. The Kier molecular flexibility index (Phi) is 3.64. The molecule has 108 valence electrons. The summed E-state index contributed by atoms with van der Waals surface area (Å²) in [6.07, 6.45) is 3.27. The van der Waals surface area contributed by atoms with Crippen LogP contribution >= 0.6 is 12.2 Å². The van der Waals surface area contributed by atoms with Gasteiger partial charge in [-0.2, -0.15) is 0 Å². The van der Waals surface area contributed by atoms with E-state index in [1.165, 1.54) is 22.4 Å². The van der Waals surface area contributed by atoms with Crippen LogP contribution in [0.2, 0.25) is 0 Å². The summed E-state index contributed by atoms with van der Waals surface area (Å²) in [6, 6.07) is 8.41. The van der Waals surface area contributed by atoms with Crippen molar-refractivity contribution in [3.63, 3.8) is 0 Å². The average molecular weight is 297 g/mol. The lowest BCUT2D eigenvalue weighted by Crippen LogP contribution is -2.14. The van der Waals surface area contributed by atoms with Gasteiger partial charge in [-0.05, 0) is 56.4 Å². The molecule has 0 aliphatic heterocycles. The van der Waals surface area contributed by atoms with Gasteiger partial charge in [0.15, 0.2) is 0 Å². The van der Waals surface area contributed by atoms with Gasteiger partial charge in [-0.15, -0.1) is 0 Å². The first-order valence-corrected chi connectivity index (χ1v) is 7.62. The Morgan fingerprint density at radius 3 is 2.76 bits per heavy atom. The Hall–Kier alpha value is -1.94. The fourth-order valence-corrected chi connectivity index (χ4v) is 2.99. The molecule has 1 aliphatic carbocycles. The molecule has 0 bridgehead atoms. The minimum absolute atomic E-state index is 0.393. The number of hydrogen-bond acceptors (Lipinski definition) is 3. The van der Waals surface area contributed by atoms with Crippen molar-refractivity contribution < 1.29 is 0 Å². The standard InChI is InChI=1S/C17H19N3S/c1-10-6-7-14(11(2)8-10)19-17-13(16(18)21)9-12-4-3-5-15(12)20-17/h6-9H,3-5H2,1-2H3,(H2,18,21)(H,19,20). The normalized spacial score (nSPS) is 13.0. The summed E-state index contributed by atoms with van der Waals surface area (Å²) in [5.74, 6) is 0.773. The van der Waals surface area contributed by atoms with E-state index in [1.54, 1.807) is 0 Å². The summed E-state index contributed by atoms with van der Waals surface area (Å²) in [7, 11) is 0. The number of thiocarbonyl (C=S) groups is 1. The van der Waals surface area contributed by atoms with Crippen molar-refractivity contribution in [2.45, 2.75) is 33.1 Å². The second kappa shape index (κ2) is 5.45. The smallest absolute Gasteiger partial charge is 0.140 e. The molecule has 1 heterocycles. The van der Waals surface area contributed by atoms with Gasteiger partial charge in [-0.25, -0.2) is 4.98 Å². The first-order chi connectivity index (χ1) is 10.0. The fraction of sp³-hybridized carbons (Fsp3) is 0.294. The van der Waals surface area contributed by atoms with Crippen molar-refractivity contribution in [1.29, 1.82) is 0 Å². The van der Waals surface area contributed by atoms with Gasteiger partial charge in [-0.1, -0.05) is 29.9 Å². The summed E-state index contributed by atoms with van der Waals surface area (Å²) in [5, 5.41) is 3.40. The third-order valence-electron chi connectivity index (χ3n) is 3.95. The lowest BCUT2D eigenvalue weighted by Gasteiger charge is -2.14. The van der Waals surface area contributed by atoms with Crippen LogP contribution in [-0.4, -0.2) is 9.97 Å². The van der Waals surface area contributed by atoms with Crippen molar-refractivity contribution in [2.75, 3.05) is 5.32 Å². The van der Waals surface area contributed by atoms with Crippen LogP contribution in [0.25, 0.3) is 0 Å². The van der Waals surface area contributed by atoms with Gasteiger partial charge in [0, 0.05) is 11.4 Å². The van der Waals surface area contributed by atoms with Gasteiger partial charge >= 0.3 is 0 Å². The largest absolute Gasteiger partial charge is 0.389 e. The van der Waals surface area contributed by atoms with Gasteiger partial charge in [0.25, 0.3) is 0 Å². The average Bonchev–Trinajstić information content (AvgIpc) is 2.88. The highest BCUT2D eigenvalue weighted by atomic mass is 32.1. The molecular weight excluding hydrogens is 278 g/mol. The van der Waals surface area contributed by atoms with E-state index in [9.17, 15) is 0 Å². The summed E-state index contributed by atoms with van der Waals surface area (Å²) in [6.45, 7) is 4.17. The molecule has 2 aromatic rings. The Bertz CT molecular complexity index is 722. The molecular formula is C17H19N3S. The van der Waals surface area contributed by atoms with Crippen LogP contribution in [0, 0.1) is 13.8 Å². The van der Waals surface area contributed by atoms with Gasteiger partial charge < -0.3 is 11.1 Å². The lowest BCUT2D eigenvalue weighted by atomic mass is 10.1. The topological polar surface area (TPSA) is 50.9 Å². The van der Waals surface area contributed by atoms with E-state index in [0.29, 0.717) is 4.99 Å². The van der Waals surface area contributed by atoms with E-state index < -0.39 is 0 Å². The van der Waals surface area contributed by atoms with Gasteiger partial charge in [-0.3, -0.25) is 0 Å². The molecule has 1 aromatic carbocycles. The predicted octanol–water partition coefficient (Wildman–Crippen LogP) is 3.56. The third kappa shape index (κ3) is 2.76. The molecule has 0 spiro atoms. The molecule has 0 saturated heterocycles. The zero-order chi connectivity index (χ0) is 15.0. The monoisotopic (exact) mass is 297 g/mol. The molecule has 1 aromatic heterocycles. The number of rotatable bonds is 3. The van der Waals surface area contributed by atoms with Crippen LogP contribution in [0.3, 0.4) is 0 Å². The van der Waals surface area contributed by atoms with Crippen molar-refractivity contribution >= 4 is 28.7 Å². The molecule has 1 aliphatic rings. The molecule has 0 amide bonds. The molecule has 21 heavy (non-hydrogen) atoms. The molecule has 4 heteroatoms.